The number of hydrogen-bond acceptors (Lipinski definition) is 5. The van der Waals surface area contributed by atoms with E-state index in [2.05, 4.69) is 4.98 Å². The molecule has 3 aliphatic rings. The van der Waals surface area contributed by atoms with Crippen molar-refractivity contribution in [2.75, 3.05) is 38.3 Å². The van der Waals surface area contributed by atoms with Crippen molar-refractivity contribution < 1.29 is 19.1 Å². The SMILES string of the molecule is COC1[C@@H]2CC[C@H]1CN(C(=O)CN1C(=O)COc3cccnc31)C2. The Bertz CT molecular complexity index is 651. The van der Waals surface area contributed by atoms with Crippen LogP contribution in [0, 0.1) is 11.8 Å². The van der Waals surface area contributed by atoms with Crippen molar-refractivity contribution in [3.05, 3.63) is 18.3 Å². The van der Waals surface area contributed by atoms with Gasteiger partial charge in [-0.15, -0.1) is 0 Å². The number of piperidine rings is 1. The van der Waals surface area contributed by atoms with Crippen molar-refractivity contribution in [1.29, 1.82) is 0 Å². The number of carbonyl (C=O) groups excluding carboxylic acids is 2. The van der Waals surface area contributed by atoms with E-state index in [1.54, 1.807) is 25.4 Å². The molecule has 1 saturated carbocycles. The van der Waals surface area contributed by atoms with Crippen LogP contribution < -0.4 is 9.64 Å². The number of aromatic nitrogens is 1. The number of carbonyl (C=O) groups is 2. The van der Waals surface area contributed by atoms with Crippen molar-refractivity contribution in [3.8, 4) is 5.75 Å². The summed E-state index contributed by atoms with van der Waals surface area (Å²) in [5, 5.41) is 0. The maximum atomic E-state index is 12.8. The van der Waals surface area contributed by atoms with Gasteiger partial charge in [0, 0.05) is 38.2 Å². The van der Waals surface area contributed by atoms with E-state index in [0.717, 1.165) is 12.8 Å². The number of likely N-dealkylation sites (tertiary alicyclic amines) is 1. The molecule has 2 bridgehead atoms. The first-order valence-corrected chi connectivity index (χ1v) is 8.36. The van der Waals surface area contributed by atoms with Crippen LogP contribution in [0.1, 0.15) is 12.8 Å². The third-order valence-electron chi connectivity index (χ3n) is 5.32. The normalized spacial score (nSPS) is 28.5. The molecule has 7 heteroatoms. The highest BCUT2D eigenvalue weighted by atomic mass is 16.5. The first-order valence-electron chi connectivity index (χ1n) is 8.36. The molecule has 0 aromatic carbocycles. The zero-order chi connectivity index (χ0) is 16.7. The second-order valence-electron chi connectivity index (χ2n) is 6.69. The van der Waals surface area contributed by atoms with E-state index < -0.39 is 0 Å². The molecule has 24 heavy (non-hydrogen) atoms. The van der Waals surface area contributed by atoms with Gasteiger partial charge in [0.15, 0.2) is 18.2 Å². The average Bonchev–Trinajstić information content (AvgIpc) is 2.85. The summed E-state index contributed by atoms with van der Waals surface area (Å²) in [7, 11) is 1.75. The van der Waals surface area contributed by atoms with Gasteiger partial charge >= 0.3 is 0 Å². The molecule has 1 aliphatic carbocycles. The Morgan fingerprint density at radius 3 is 2.83 bits per heavy atom. The van der Waals surface area contributed by atoms with Crippen LogP contribution in [0.3, 0.4) is 0 Å². The van der Waals surface area contributed by atoms with Gasteiger partial charge in [0.1, 0.15) is 6.54 Å². The molecule has 2 fully saturated rings. The first kappa shape index (κ1) is 15.4. The zero-order valence-corrected chi connectivity index (χ0v) is 13.7. The van der Waals surface area contributed by atoms with Crippen LogP contribution in [0.4, 0.5) is 5.82 Å². The third-order valence-corrected chi connectivity index (χ3v) is 5.32. The van der Waals surface area contributed by atoms with Crippen molar-refractivity contribution in [3.63, 3.8) is 0 Å². The summed E-state index contributed by atoms with van der Waals surface area (Å²) < 4.78 is 11.0. The molecule has 3 atom stereocenters. The van der Waals surface area contributed by atoms with E-state index in [-0.39, 0.29) is 31.1 Å². The van der Waals surface area contributed by atoms with Gasteiger partial charge in [-0.3, -0.25) is 14.5 Å². The molecular formula is C17H21N3O4. The maximum Gasteiger partial charge on any atom is 0.266 e. The minimum atomic E-state index is -0.232. The van der Waals surface area contributed by atoms with Crippen molar-refractivity contribution >= 4 is 17.6 Å². The van der Waals surface area contributed by atoms with Crippen LogP contribution in [0.15, 0.2) is 18.3 Å². The van der Waals surface area contributed by atoms with Gasteiger partial charge < -0.3 is 14.4 Å². The molecule has 7 nitrogen and oxygen atoms in total. The fourth-order valence-corrected chi connectivity index (χ4v) is 4.19. The Morgan fingerprint density at radius 2 is 2.12 bits per heavy atom. The topological polar surface area (TPSA) is 72.0 Å². The molecule has 4 rings (SSSR count). The summed E-state index contributed by atoms with van der Waals surface area (Å²) in [6.07, 6.45) is 4.07. The monoisotopic (exact) mass is 331 g/mol. The van der Waals surface area contributed by atoms with Crippen LogP contribution in [-0.2, 0) is 14.3 Å². The fraction of sp³-hybridized carbons (Fsp3) is 0.588. The minimum Gasteiger partial charge on any atom is -0.480 e. The number of nitrogens with zero attached hydrogens (tertiary/aromatic N) is 3. The quantitative estimate of drug-likeness (QED) is 0.815. The number of rotatable bonds is 3. The molecule has 2 amide bonds. The average molecular weight is 331 g/mol. The van der Waals surface area contributed by atoms with Gasteiger partial charge in [-0.1, -0.05) is 0 Å². The van der Waals surface area contributed by atoms with Crippen LogP contribution in [0.2, 0.25) is 0 Å². The predicted molar refractivity (Wildman–Crippen MR) is 85.7 cm³/mol. The highest BCUT2D eigenvalue weighted by Gasteiger charge is 2.44. The predicted octanol–water partition coefficient (Wildman–Crippen LogP) is 0.690. The molecule has 1 unspecified atom stereocenters. The van der Waals surface area contributed by atoms with Crippen molar-refractivity contribution in [2.24, 2.45) is 11.8 Å². The van der Waals surface area contributed by atoms with Crippen molar-refractivity contribution in [1.82, 2.24) is 9.88 Å². The molecule has 1 aromatic heterocycles. The van der Waals surface area contributed by atoms with Crippen molar-refractivity contribution in [2.45, 2.75) is 18.9 Å². The second-order valence-corrected chi connectivity index (χ2v) is 6.69. The second kappa shape index (κ2) is 6.05. The Labute approximate surface area is 140 Å². The largest absolute Gasteiger partial charge is 0.480 e. The van der Waals surface area contributed by atoms with E-state index in [9.17, 15) is 9.59 Å². The summed E-state index contributed by atoms with van der Waals surface area (Å²) in [5.41, 5.74) is 0. The lowest BCUT2D eigenvalue weighted by Crippen LogP contribution is -2.52. The van der Waals surface area contributed by atoms with E-state index in [1.165, 1.54) is 4.90 Å². The van der Waals surface area contributed by atoms with Gasteiger partial charge in [0.25, 0.3) is 5.91 Å². The van der Waals surface area contributed by atoms with E-state index in [4.69, 9.17) is 9.47 Å². The van der Waals surface area contributed by atoms with Crippen LogP contribution in [0.25, 0.3) is 0 Å². The third kappa shape index (κ3) is 2.53. The lowest BCUT2D eigenvalue weighted by atomic mass is 9.95. The van der Waals surface area contributed by atoms with E-state index in [1.807, 2.05) is 4.90 Å². The number of amides is 2. The molecule has 2 aliphatic heterocycles. The molecule has 128 valence electrons. The molecule has 0 spiro atoms. The zero-order valence-electron chi connectivity index (χ0n) is 13.7. The molecule has 0 N–H and O–H groups in total. The van der Waals surface area contributed by atoms with Crippen LogP contribution in [-0.4, -0.2) is 61.2 Å². The summed E-state index contributed by atoms with van der Waals surface area (Å²) in [5.74, 6) is 1.52. The van der Waals surface area contributed by atoms with Crippen LogP contribution >= 0.6 is 0 Å². The van der Waals surface area contributed by atoms with Gasteiger partial charge in [-0.25, -0.2) is 4.98 Å². The lowest BCUT2D eigenvalue weighted by Gasteiger charge is -2.38. The number of fused-ring (bicyclic) bond motifs is 3. The minimum absolute atomic E-state index is 0.0172. The number of anilines is 1. The van der Waals surface area contributed by atoms with Gasteiger partial charge in [-0.05, 0) is 25.0 Å². The lowest BCUT2D eigenvalue weighted by molar-refractivity contribution is -0.136. The van der Waals surface area contributed by atoms with Crippen LogP contribution in [0.5, 0.6) is 5.75 Å². The van der Waals surface area contributed by atoms with E-state index in [0.29, 0.717) is 36.5 Å². The Hall–Kier alpha value is -2.15. The smallest absolute Gasteiger partial charge is 0.266 e. The molecule has 0 radical (unpaired) electrons. The number of hydrogen-bond donors (Lipinski definition) is 0. The summed E-state index contributed by atoms with van der Waals surface area (Å²) in [6.45, 7) is 1.38. The van der Waals surface area contributed by atoms with Gasteiger partial charge in [-0.2, -0.15) is 0 Å². The highest BCUT2D eigenvalue weighted by molar-refractivity contribution is 6.01. The highest BCUT2D eigenvalue weighted by Crippen LogP contribution is 2.38. The number of methoxy groups -OCH3 is 1. The maximum absolute atomic E-state index is 12.8. The first-order chi connectivity index (χ1) is 11.7. The molecule has 1 aromatic rings. The van der Waals surface area contributed by atoms with Gasteiger partial charge in [0.05, 0.1) is 6.10 Å². The Balaban J connectivity index is 1.48. The fourth-order valence-electron chi connectivity index (χ4n) is 4.19. The van der Waals surface area contributed by atoms with Gasteiger partial charge in [0.2, 0.25) is 5.91 Å². The Kier molecular flexibility index (Phi) is 3.88. The summed E-state index contributed by atoms with van der Waals surface area (Å²) in [4.78, 5) is 32.5. The number of ether oxygens (including phenoxy) is 2. The number of pyridine rings is 1. The Morgan fingerprint density at radius 1 is 1.38 bits per heavy atom. The standard InChI is InChI=1S/C17H21N3O4/c1-23-16-11-4-5-12(16)8-19(7-11)14(21)9-20-15(22)10-24-13-3-2-6-18-17(13)20/h2-3,6,11-12,16H,4-5,7-10H2,1H3/t11-,12+,16?. The molecule has 1 saturated heterocycles. The summed E-state index contributed by atoms with van der Waals surface area (Å²) in [6, 6.07) is 3.51. The molecular weight excluding hydrogens is 310 g/mol. The summed E-state index contributed by atoms with van der Waals surface area (Å²) >= 11 is 0. The van der Waals surface area contributed by atoms with E-state index >= 15 is 0 Å². The molecule has 3 heterocycles.